The van der Waals surface area contributed by atoms with Gasteiger partial charge in [-0.25, -0.2) is 9.78 Å². The minimum atomic E-state index is -0.891. The zero-order chi connectivity index (χ0) is 19.0. The highest BCUT2D eigenvalue weighted by atomic mass is 16.5. The number of rotatable bonds is 3. The number of esters is 2. The SMILES string of the molecule is COC(=O)[C@H]1[C@H]2c3ccccc3C=CN2N(c2ccccn2)[C@H]1C(=O)OC. The van der Waals surface area contributed by atoms with Gasteiger partial charge in [-0.05, 0) is 29.3 Å². The number of carbonyl (C=O) groups is 2. The summed E-state index contributed by atoms with van der Waals surface area (Å²) in [6.45, 7) is 0. The van der Waals surface area contributed by atoms with Crippen LogP contribution < -0.4 is 5.01 Å². The van der Waals surface area contributed by atoms with E-state index >= 15 is 0 Å². The fraction of sp³-hybridized carbons (Fsp3) is 0.250. The molecule has 3 heterocycles. The molecule has 1 aromatic heterocycles. The number of pyridine rings is 1. The van der Waals surface area contributed by atoms with Crippen LogP contribution in [0.15, 0.2) is 54.9 Å². The number of aromatic nitrogens is 1. The maximum Gasteiger partial charge on any atom is 0.331 e. The highest BCUT2D eigenvalue weighted by Gasteiger charge is 2.56. The molecule has 1 saturated heterocycles. The van der Waals surface area contributed by atoms with Gasteiger partial charge in [0.05, 0.1) is 20.3 Å². The van der Waals surface area contributed by atoms with Gasteiger partial charge in [-0.3, -0.25) is 14.8 Å². The predicted octanol–water partition coefficient (Wildman–Crippen LogP) is 2.17. The highest BCUT2D eigenvalue weighted by molar-refractivity contribution is 5.89. The summed E-state index contributed by atoms with van der Waals surface area (Å²) in [6, 6.07) is 11.9. The number of hydrogen-bond donors (Lipinski definition) is 0. The van der Waals surface area contributed by atoms with E-state index in [1.165, 1.54) is 14.2 Å². The largest absolute Gasteiger partial charge is 0.469 e. The van der Waals surface area contributed by atoms with Crippen molar-refractivity contribution in [3.05, 3.63) is 66.0 Å². The molecule has 2 aromatic rings. The third-order valence-electron chi connectivity index (χ3n) is 5.00. The Balaban J connectivity index is 1.92. The van der Waals surface area contributed by atoms with Gasteiger partial charge in [-0.2, -0.15) is 0 Å². The first-order valence-corrected chi connectivity index (χ1v) is 8.58. The van der Waals surface area contributed by atoms with Gasteiger partial charge < -0.3 is 9.47 Å². The molecule has 0 spiro atoms. The number of ether oxygens (including phenoxy) is 2. The number of methoxy groups -OCH3 is 2. The van der Waals surface area contributed by atoms with Crippen LogP contribution in [0.3, 0.4) is 0 Å². The summed E-state index contributed by atoms with van der Waals surface area (Å²) < 4.78 is 10.1. The van der Waals surface area contributed by atoms with E-state index in [0.29, 0.717) is 5.82 Å². The molecule has 0 amide bonds. The maximum atomic E-state index is 12.8. The average molecular weight is 365 g/mol. The van der Waals surface area contributed by atoms with Crippen LogP contribution in [0.4, 0.5) is 5.82 Å². The highest BCUT2D eigenvalue weighted by Crippen LogP contribution is 2.47. The van der Waals surface area contributed by atoms with Crippen LogP contribution in [0.25, 0.3) is 6.08 Å². The number of carbonyl (C=O) groups excluding carboxylic acids is 2. The van der Waals surface area contributed by atoms with Gasteiger partial charge >= 0.3 is 11.9 Å². The molecule has 2 aliphatic rings. The Hall–Kier alpha value is -3.35. The van der Waals surface area contributed by atoms with Gasteiger partial charge in [0.2, 0.25) is 0 Å². The Morgan fingerprint density at radius 2 is 1.74 bits per heavy atom. The van der Waals surface area contributed by atoms with Gasteiger partial charge in [0.1, 0.15) is 11.7 Å². The van der Waals surface area contributed by atoms with Crippen LogP contribution in [0.2, 0.25) is 0 Å². The minimum Gasteiger partial charge on any atom is -0.469 e. The Morgan fingerprint density at radius 3 is 2.44 bits per heavy atom. The third kappa shape index (κ3) is 2.63. The zero-order valence-corrected chi connectivity index (χ0v) is 15.0. The van der Waals surface area contributed by atoms with E-state index in [1.54, 1.807) is 23.3 Å². The first-order valence-electron chi connectivity index (χ1n) is 8.58. The molecule has 2 aliphatic heterocycles. The number of hydrazine groups is 1. The van der Waals surface area contributed by atoms with Crippen molar-refractivity contribution in [1.82, 2.24) is 9.99 Å². The van der Waals surface area contributed by atoms with Crippen molar-refractivity contribution in [3.8, 4) is 0 Å². The summed E-state index contributed by atoms with van der Waals surface area (Å²) in [5.74, 6) is -1.20. The lowest BCUT2D eigenvalue weighted by atomic mass is 9.85. The molecule has 0 bridgehead atoms. The Kier molecular flexibility index (Phi) is 4.27. The molecular weight excluding hydrogens is 346 g/mol. The summed E-state index contributed by atoms with van der Waals surface area (Å²) in [4.78, 5) is 29.9. The van der Waals surface area contributed by atoms with Crippen molar-refractivity contribution in [3.63, 3.8) is 0 Å². The number of benzene rings is 1. The van der Waals surface area contributed by atoms with Crippen LogP contribution in [-0.2, 0) is 19.1 Å². The second-order valence-electron chi connectivity index (χ2n) is 6.32. The minimum absolute atomic E-state index is 0.398. The monoisotopic (exact) mass is 365 g/mol. The second kappa shape index (κ2) is 6.75. The molecule has 1 fully saturated rings. The number of hydrogen-bond acceptors (Lipinski definition) is 7. The number of fused-ring (bicyclic) bond motifs is 3. The fourth-order valence-electron chi connectivity index (χ4n) is 3.87. The van der Waals surface area contributed by atoms with E-state index < -0.39 is 29.9 Å². The van der Waals surface area contributed by atoms with Crippen LogP contribution in [0.5, 0.6) is 0 Å². The predicted molar refractivity (Wildman–Crippen MR) is 98.1 cm³/mol. The molecule has 138 valence electrons. The van der Waals surface area contributed by atoms with Crippen LogP contribution in [0, 0.1) is 5.92 Å². The molecule has 0 saturated carbocycles. The summed E-state index contributed by atoms with van der Waals surface area (Å²) in [5.41, 5.74) is 1.95. The Morgan fingerprint density at radius 1 is 1.00 bits per heavy atom. The summed E-state index contributed by atoms with van der Waals surface area (Å²) >= 11 is 0. The average Bonchev–Trinajstić information content (AvgIpc) is 3.08. The molecule has 0 unspecified atom stereocenters. The first kappa shape index (κ1) is 17.1. The van der Waals surface area contributed by atoms with E-state index in [9.17, 15) is 9.59 Å². The molecular formula is C20H19N3O4. The molecule has 3 atom stereocenters. The summed E-state index contributed by atoms with van der Waals surface area (Å²) in [7, 11) is 2.64. The molecule has 4 rings (SSSR count). The van der Waals surface area contributed by atoms with E-state index in [4.69, 9.17) is 9.47 Å². The van der Waals surface area contributed by atoms with Crippen molar-refractivity contribution >= 4 is 23.8 Å². The normalized spacial score (nSPS) is 22.8. The summed E-state index contributed by atoms with van der Waals surface area (Å²) in [5, 5.41) is 3.58. The van der Waals surface area contributed by atoms with Crippen molar-refractivity contribution in [1.29, 1.82) is 0 Å². The van der Waals surface area contributed by atoms with Gasteiger partial charge in [-0.15, -0.1) is 0 Å². The van der Waals surface area contributed by atoms with Gasteiger partial charge in [0.15, 0.2) is 6.04 Å². The van der Waals surface area contributed by atoms with Gasteiger partial charge in [0, 0.05) is 12.4 Å². The number of nitrogens with zero attached hydrogens (tertiary/aromatic N) is 3. The smallest absolute Gasteiger partial charge is 0.331 e. The quantitative estimate of drug-likeness (QED) is 0.772. The Bertz CT molecular complexity index is 883. The van der Waals surface area contributed by atoms with Gasteiger partial charge in [-0.1, -0.05) is 30.3 Å². The van der Waals surface area contributed by atoms with Crippen LogP contribution in [-0.4, -0.2) is 42.2 Å². The van der Waals surface area contributed by atoms with Gasteiger partial charge in [0.25, 0.3) is 0 Å². The van der Waals surface area contributed by atoms with Crippen molar-refractivity contribution in [2.45, 2.75) is 12.1 Å². The topological polar surface area (TPSA) is 72.0 Å². The van der Waals surface area contributed by atoms with E-state index in [2.05, 4.69) is 4.98 Å². The standard InChI is InChI=1S/C20H19N3O4/c1-26-19(24)16-17-14-8-4-3-7-13(14)10-12-22(17)23(18(16)20(25)27-2)15-9-5-6-11-21-15/h3-12,16-18H,1-2H3/t16-,17+,18+/m0/s1. The molecule has 7 nitrogen and oxygen atoms in total. The number of anilines is 1. The first-order chi connectivity index (χ1) is 13.2. The maximum absolute atomic E-state index is 12.8. The lowest BCUT2D eigenvalue weighted by Gasteiger charge is -2.36. The molecule has 1 aromatic carbocycles. The van der Waals surface area contributed by atoms with E-state index in [-0.39, 0.29) is 0 Å². The van der Waals surface area contributed by atoms with E-state index in [1.807, 2.05) is 47.6 Å². The van der Waals surface area contributed by atoms with Crippen LogP contribution >= 0.6 is 0 Å². The lowest BCUT2D eigenvalue weighted by Crippen LogP contribution is -2.46. The molecule has 0 aliphatic carbocycles. The van der Waals surface area contributed by atoms with Crippen molar-refractivity contribution in [2.75, 3.05) is 19.2 Å². The second-order valence-corrected chi connectivity index (χ2v) is 6.32. The fourth-order valence-corrected chi connectivity index (χ4v) is 3.87. The molecule has 27 heavy (non-hydrogen) atoms. The third-order valence-corrected chi connectivity index (χ3v) is 5.00. The zero-order valence-electron chi connectivity index (χ0n) is 15.0. The van der Waals surface area contributed by atoms with E-state index in [0.717, 1.165) is 11.1 Å². The van der Waals surface area contributed by atoms with Crippen molar-refractivity contribution in [2.24, 2.45) is 5.92 Å². The van der Waals surface area contributed by atoms with Crippen LogP contribution in [0.1, 0.15) is 17.2 Å². The lowest BCUT2D eigenvalue weighted by molar-refractivity contribution is -0.153. The molecule has 0 radical (unpaired) electrons. The molecule has 7 heteroatoms. The van der Waals surface area contributed by atoms with Crippen molar-refractivity contribution < 1.29 is 19.1 Å². The summed E-state index contributed by atoms with van der Waals surface area (Å²) in [6.07, 6.45) is 5.46. The molecule has 0 N–H and O–H groups in total. The Labute approximate surface area is 156 Å².